The van der Waals surface area contributed by atoms with Crippen LogP contribution >= 0.6 is 0 Å². The molecule has 14 heteroatoms. The molecule has 166 valence electrons. The van der Waals surface area contributed by atoms with Crippen molar-refractivity contribution in [2.45, 2.75) is 25.4 Å². The van der Waals surface area contributed by atoms with Crippen LogP contribution < -0.4 is 78.4 Å². The van der Waals surface area contributed by atoms with Gasteiger partial charge in [-0.3, -0.25) is 14.6 Å². The third kappa shape index (κ3) is 7.29. The van der Waals surface area contributed by atoms with Crippen molar-refractivity contribution in [3.8, 4) is 0 Å². The Kier molecular flexibility index (Phi) is 9.42. The predicted molar refractivity (Wildman–Crippen MR) is 109 cm³/mol. The first-order valence-corrected chi connectivity index (χ1v) is 9.32. The Morgan fingerprint density at radius 3 is 2.52 bits per heavy atom. The zero-order valence-corrected chi connectivity index (χ0v) is 20.6. The first kappa shape index (κ1) is 26.3. The van der Waals surface area contributed by atoms with Gasteiger partial charge in [-0.1, -0.05) is 0 Å². The summed E-state index contributed by atoms with van der Waals surface area (Å²) in [7, 11) is 0. The number of fused-ring (bicyclic) bond motifs is 1. The maximum Gasteiger partial charge on any atom is 1.00 e. The van der Waals surface area contributed by atoms with Crippen LogP contribution in [0.15, 0.2) is 35.3 Å². The Morgan fingerprint density at radius 2 is 1.88 bits per heavy atom. The summed E-state index contributed by atoms with van der Waals surface area (Å²) in [6.07, 6.45) is 0.662. The van der Waals surface area contributed by atoms with Crippen LogP contribution in [0.2, 0.25) is 0 Å². The number of rotatable bonds is 9. The van der Waals surface area contributed by atoms with Crippen LogP contribution in [0.1, 0.15) is 28.9 Å². The number of carbonyl (C=O) groups excluding carboxylic acids is 2. The molecular weight excluding hydrogens is 461 g/mol. The quantitative estimate of drug-likeness (QED) is 0.185. The van der Waals surface area contributed by atoms with E-state index in [1.54, 1.807) is 12.1 Å². The molecule has 0 aliphatic heterocycles. The first-order valence-electron chi connectivity index (χ1n) is 9.32. The Hall–Kier alpha value is -2.91. The second-order valence-electron chi connectivity index (χ2n) is 6.69. The fourth-order valence-corrected chi connectivity index (χ4v) is 2.75. The molecule has 1 amide bonds. The van der Waals surface area contributed by atoms with Crippen LogP contribution in [0.5, 0.6) is 0 Å². The van der Waals surface area contributed by atoms with Gasteiger partial charge in [0.2, 0.25) is 5.95 Å². The van der Waals surface area contributed by atoms with E-state index in [1.807, 2.05) is 0 Å². The van der Waals surface area contributed by atoms with E-state index in [-0.39, 0.29) is 87.0 Å². The summed E-state index contributed by atoms with van der Waals surface area (Å²) < 4.78 is 0. The molecule has 0 spiro atoms. The standard InChI is InChI=1S/C19H19N7O6.K/c20-19-25-15-14(17(30)26-19)23-11(8-22-15)7-21-10-3-1-9(2-4-10)16(29)24-12(18(31)32)5-6-13(27)28;/h1-4,8,12,21H,5-7H2,(H,24,29)(H,27,28)(H,31,32)(H3,20,22,25,26,30);/q;+1/p-1. The van der Waals surface area contributed by atoms with E-state index in [9.17, 15) is 24.3 Å². The largest absolute Gasteiger partial charge is 1.00 e. The van der Waals surface area contributed by atoms with Gasteiger partial charge in [-0.15, -0.1) is 0 Å². The summed E-state index contributed by atoms with van der Waals surface area (Å²) in [6, 6.07) is 4.78. The van der Waals surface area contributed by atoms with Crippen molar-refractivity contribution in [1.29, 1.82) is 0 Å². The van der Waals surface area contributed by atoms with Crippen molar-refractivity contribution >= 4 is 40.6 Å². The number of aromatic nitrogens is 4. The number of carboxylic acids is 2. The number of aliphatic carboxylic acids is 2. The molecule has 6 N–H and O–H groups in total. The van der Waals surface area contributed by atoms with Crippen LogP contribution in [0.25, 0.3) is 11.2 Å². The van der Waals surface area contributed by atoms with Gasteiger partial charge in [-0.05, 0) is 37.1 Å². The zero-order valence-electron chi connectivity index (χ0n) is 17.5. The summed E-state index contributed by atoms with van der Waals surface area (Å²) in [5, 5.41) is 25.0. The average molecular weight is 479 g/mol. The molecule has 3 rings (SSSR count). The van der Waals surface area contributed by atoms with E-state index < -0.39 is 35.9 Å². The smallest absolute Gasteiger partial charge is 0.550 e. The summed E-state index contributed by atoms with van der Waals surface area (Å²) in [5.41, 5.74) is 6.43. The zero-order chi connectivity index (χ0) is 23.3. The fraction of sp³-hybridized carbons (Fsp3) is 0.211. The molecule has 0 aliphatic rings. The third-order valence-electron chi connectivity index (χ3n) is 4.35. The van der Waals surface area contributed by atoms with Crippen LogP contribution in [0.4, 0.5) is 11.6 Å². The van der Waals surface area contributed by atoms with Gasteiger partial charge in [0.1, 0.15) is 6.04 Å². The molecule has 0 fully saturated rings. The minimum Gasteiger partial charge on any atom is -0.550 e. The van der Waals surface area contributed by atoms with Crippen LogP contribution in [-0.2, 0) is 16.1 Å². The van der Waals surface area contributed by atoms with Crippen LogP contribution in [0, 0.1) is 0 Å². The molecular formula is C19H18KN7O6. The summed E-state index contributed by atoms with van der Waals surface area (Å²) in [6.45, 7) is 0.225. The van der Waals surface area contributed by atoms with E-state index in [1.165, 1.54) is 18.3 Å². The van der Waals surface area contributed by atoms with E-state index >= 15 is 0 Å². The number of carboxylic acid groups (broad SMARTS) is 2. The van der Waals surface area contributed by atoms with Gasteiger partial charge in [0, 0.05) is 17.2 Å². The van der Waals surface area contributed by atoms with Gasteiger partial charge in [0.25, 0.3) is 11.5 Å². The topological polar surface area (TPSA) is 216 Å². The molecule has 2 aromatic heterocycles. The molecule has 3 aromatic rings. The van der Waals surface area contributed by atoms with Crippen molar-refractivity contribution in [1.82, 2.24) is 25.3 Å². The number of hydrogen-bond donors (Lipinski definition) is 5. The molecule has 1 atom stereocenters. The van der Waals surface area contributed by atoms with Gasteiger partial charge in [0.15, 0.2) is 11.2 Å². The first-order chi connectivity index (χ1) is 15.2. The number of amides is 1. The van der Waals surface area contributed by atoms with Crippen molar-refractivity contribution in [2.24, 2.45) is 0 Å². The Labute approximate surface area is 228 Å². The Bertz CT molecular complexity index is 1230. The summed E-state index contributed by atoms with van der Waals surface area (Å²) >= 11 is 0. The number of nitrogens with zero attached hydrogens (tertiary/aromatic N) is 3. The molecule has 0 radical (unpaired) electrons. The maximum absolute atomic E-state index is 12.3. The molecule has 1 aromatic carbocycles. The number of hydrogen-bond acceptors (Lipinski definition) is 10. The number of nitrogens with one attached hydrogen (secondary N) is 3. The molecule has 0 saturated heterocycles. The van der Waals surface area contributed by atoms with Gasteiger partial charge in [-0.25, -0.2) is 14.8 Å². The van der Waals surface area contributed by atoms with Crippen molar-refractivity contribution in [3.05, 3.63) is 52.1 Å². The minimum absolute atomic E-state index is 0. The third-order valence-corrected chi connectivity index (χ3v) is 4.35. The molecule has 0 saturated carbocycles. The summed E-state index contributed by atoms with van der Waals surface area (Å²) in [4.78, 5) is 60.4. The second-order valence-corrected chi connectivity index (χ2v) is 6.69. The predicted octanol–water partition coefficient (Wildman–Crippen LogP) is -4.38. The van der Waals surface area contributed by atoms with Crippen molar-refractivity contribution in [3.63, 3.8) is 0 Å². The number of nitrogen functional groups attached to an aromatic ring is 1. The molecule has 2 heterocycles. The normalized spacial score (nSPS) is 11.3. The Morgan fingerprint density at radius 1 is 1.18 bits per heavy atom. The van der Waals surface area contributed by atoms with Crippen LogP contribution in [-0.4, -0.2) is 48.9 Å². The minimum atomic E-state index is -1.40. The number of H-pyrrole nitrogens is 1. The molecule has 0 aliphatic carbocycles. The van der Waals surface area contributed by atoms with E-state index in [0.29, 0.717) is 11.4 Å². The number of benzene rings is 1. The SMILES string of the molecule is Nc1nc2ncc(CNc3ccc(C(=O)NC(CCC(=O)[O-])C(=O)O)cc3)nc2c(=O)[nH]1.[K+]. The number of aromatic amines is 1. The average Bonchev–Trinajstić information content (AvgIpc) is 2.75. The van der Waals surface area contributed by atoms with Gasteiger partial charge >= 0.3 is 57.4 Å². The van der Waals surface area contributed by atoms with Crippen molar-refractivity contribution in [2.75, 3.05) is 11.1 Å². The number of anilines is 2. The number of nitrogens with two attached hydrogens (primary N) is 1. The van der Waals surface area contributed by atoms with E-state index in [2.05, 4.69) is 30.6 Å². The van der Waals surface area contributed by atoms with E-state index in [0.717, 1.165) is 0 Å². The van der Waals surface area contributed by atoms with Gasteiger partial charge in [-0.2, -0.15) is 4.98 Å². The Balaban J connectivity index is 0.00000385. The molecule has 1 unspecified atom stereocenters. The fourth-order valence-electron chi connectivity index (χ4n) is 2.75. The molecule has 0 bridgehead atoms. The van der Waals surface area contributed by atoms with E-state index in [4.69, 9.17) is 10.8 Å². The van der Waals surface area contributed by atoms with Crippen molar-refractivity contribution < 1.29 is 76.0 Å². The molecule has 13 nitrogen and oxygen atoms in total. The summed E-state index contributed by atoms with van der Waals surface area (Å²) in [5.74, 6) is -3.46. The molecule has 33 heavy (non-hydrogen) atoms. The number of carbonyl (C=O) groups is 3. The monoisotopic (exact) mass is 479 g/mol. The maximum atomic E-state index is 12.3. The second kappa shape index (κ2) is 11.8. The van der Waals surface area contributed by atoms with Gasteiger partial charge in [0.05, 0.1) is 18.4 Å². The van der Waals surface area contributed by atoms with Crippen LogP contribution in [0.3, 0.4) is 0 Å². The van der Waals surface area contributed by atoms with Gasteiger partial charge < -0.3 is 31.4 Å².